The van der Waals surface area contributed by atoms with Gasteiger partial charge in [-0.25, -0.2) is 12.8 Å². The first-order valence-electron chi connectivity index (χ1n) is 9.47. The molecule has 0 aliphatic rings. The van der Waals surface area contributed by atoms with E-state index in [1.54, 1.807) is 48.5 Å². The first-order chi connectivity index (χ1) is 14.7. The molecular formula is C23H23FN2O4S. The maximum Gasteiger partial charge on any atom is 0.255 e. The monoisotopic (exact) mass is 442 g/mol. The summed E-state index contributed by atoms with van der Waals surface area (Å²) < 4.78 is 45.7. The molecule has 0 fully saturated rings. The first kappa shape index (κ1) is 22.5. The maximum atomic E-state index is 13.4. The van der Waals surface area contributed by atoms with E-state index in [-0.39, 0.29) is 11.4 Å². The summed E-state index contributed by atoms with van der Waals surface area (Å²) in [6.07, 6.45) is 0. The van der Waals surface area contributed by atoms with Crippen molar-refractivity contribution in [2.24, 2.45) is 0 Å². The Hall–Kier alpha value is -3.23. The van der Waals surface area contributed by atoms with Crippen molar-refractivity contribution in [1.29, 1.82) is 0 Å². The Morgan fingerprint density at radius 3 is 2.42 bits per heavy atom. The number of sulfonamides is 1. The summed E-state index contributed by atoms with van der Waals surface area (Å²) in [5.74, 6) is -0.456. The maximum absolute atomic E-state index is 13.4. The molecule has 0 aliphatic carbocycles. The molecular weight excluding hydrogens is 419 g/mol. The Morgan fingerprint density at radius 2 is 1.77 bits per heavy atom. The zero-order valence-electron chi connectivity index (χ0n) is 17.4. The van der Waals surface area contributed by atoms with Crippen LogP contribution in [0, 0.1) is 12.7 Å². The highest BCUT2D eigenvalue weighted by atomic mass is 32.2. The SMILES string of the molecule is COc1ccc(C(=O)Nc2cccc(F)c2)cc1CN(C)S(=O)(=O)c1ccc(C)cc1. The molecule has 8 heteroatoms. The van der Waals surface area contributed by atoms with Gasteiger partial charge >= 0.3 is 0 Å². The third-order valence-electron chi connectivity index (χ3n) is 4.75. The van der Waals surface area contributed by atoms with Crippen LogP contribution < -0.4 is 10.1 Å². The number of ether oxygens (including phenoxy) is 1. The van der Waals surface area contributed by atoms with E-state index in [0.717, 1.165) is 5.56 Å². The van der Waals surface area contributed by atoms with Crippen molar-refractivity contribution in [1.82, 2.24) is 4.31 Å². The normalized spacial score (nSPS) is 11.4. The van der Waals surface area contributed by atoms with Crippen molar-refractivity contribution in [2.75, 3.05) is 19.5 Å². The molecule has 0 bridgehead atoms. The summed E-state index contributed by atoms with van der Waals surface area (Å²) >= 11 is 0. The lowest BCUT2D eigenvalue weighted by Gasteiger charge is -2.19. The van der Waals surface area contributed by atoms with Crippen LogP contribution in [0.15, 0.2) is 71.6 Å². The molecule has 0 saturated heterocycles. The lowest BCUT2D eigenvalue weighted by molar-refractivity contribution is 0.102. The molecule has 0 unspecified atom stereocenters. The summed E-state index contributed by atoms with van der Waals surface area (Å²) in [4.78, 5) is 12.8. The zero-order valence-corrected chi connectivity index (χ0v) is 18.2. The van der Waals surface area contributed by atoms with Crippen LogP contribution in [-0.2, 0) is 16.6 Å². The van der Waals surface area contributed by atoms with Crippen molar-refractivity contribution in [3.05, 3.63) is 89.2 Å². The number of halogens is 1. The molecule has 162 valence electrons. The number of hydrogen-bond donors (Lipinski definition) is 1. The molecule has 0 spiro atoms. The molecule has 3 aromatic carbocycles. The van der Waals surface area contributed by atoms with Gasteiger partial charge in [-0.2, -0.15) is 4.31 Å². The number of methoxy groups -OCH3 is 1. The third-order valence-corrected chi connectivity index (χ3v) is 6.56. The molecule has 0 aliphatic heterocycles. The molecule has 0 radical (unpaired) electrons. The molecule has 0 saturated carbocycles. The standard InChI is InChI=1S/C23H23FN2O4S/c1-16-7-10-21(11-8-16)31(28,29)26(2)15-18-13-17(9-12-22(18)30-3)23(27)25-20-6-4-5-19(24)14-20/h4-14H,15H2,1-3H3,(H,25,27). The molecule has 6 nitrogen and oxygen atoms in total. The van der Waals surface area contributed by atoms with Gasteiger partial charge in [0.25, 0.3) is 5.91 Å². The van der Waals surface area contributed by atoms with Crippen molar-refractivity contribution >= 4 is 21.6 Å². The third kappa shape index (κ3) is 5.28. The van der Waals surface area contributed by atoms with E-state index in [1.165, 1.54) is 36.7 Å². The van der Waals surface area contributed by atoms with Gasteiger partial charge in [0.15, 0.2) is 0 Å². The summed E-state index contributed by atoms with van der Waals surface area (Å²) in [7, 11) is -0.791. The van der Waals surface area contributed by atoms with Gasteiger partial charge in [-0.15, -0.1) is 0 Å². The highest BCUT2D eigenvalue weighted by molar-refractivity contribution is 7.89. The second-order valence-corrected chi connectivity index (χ2v) is 9.11. The van der Waals surface area contributed by atoms with Crippen molar-refractivity contribution < 1.29 is 22.3 Å². The van der Waals surface area contributed by atoms with Crippen LogP contribution in [0.3, 0.4) is 0 Å². The van der Waals surface area contributed by atoms with E-state index in [9.17, 15) is 17.6 Å². The number of benzene rings is 3. The Balaban J connectivity index is 1.85. The number of amides is 1. The van der Waals surface area contributed by atoms with Crippen LogP contribution >= 0.6 is 0 Å². The van der Waals surface area contributed by atoms with Gasteiger partial charge in [0.1, 0.15) is 11.6 Å². The number of aryl methyl sites for hydroxylation is 1. The van der Waals surface area contributed by atoms with Gasteiger partial charge in [-0.05, 0) is 55.5 Å². The van der Waals surface area contributed by atoms with E-state index in [1.807, 2.05) is 6.92 Å². The van der Waals surface area contributed by atoms with Crippen molar-refractivity contribution in [3.63, 3.8) is 0 Å². The fraction of sp³-hybridized carbons (Fsp3) is 0.174. The number of rotatable bonds is 7. The molecule has 31 heavy (non-hydrogen) atoms. The van der Waals surface area contributed by atoms with Crippen molar-refractivity contribution in [2.45, 2.75) is 18.4 Å². The number of nitrogens with zero attached hydrogens (tertiary/aromatic N) is 1. The molecule has 1 N–H and O–H groups in total. The number of carbonyl (C=O) groups is 1. The predicted molar refractivity (Wildman–Crippen MR) is 117 cm³/mol. The lowest BCUT2D eigenvalue weighted by atomic mass is 10.1. The Bertz CT molecular complexity index is 1190. The Kier molecular flexibility index (Phi) is 6.72. The van der Waals surface area contributed by atoms with E-state index in [0.29, 0.717) is 22.6 Å². The van der Waals surface area contributed by atoms with Crippen molar-refractivity contribution in [3.8, 4) is 5.75 Å². The van der Waals surface area contributed by atoms with Gasteiger partial charge in [0.05, 0.1) is 12.0 Å². The van der Waals surface area contributed by atoms with Gasteiger partial charge in [0, 0.05) is 30.4 Å². The average Bonchev–Trinajstić information content (AvgIpc) is 2.74. The minimum absolute atomic E-state index is 0.000465. The molecule has 0 atom stereocenters. The largest absolute Gasteiger partial charge is 0.496 e. The Morgan fingerprint density at radius 1 is 1.06 bits per heavy atom. The van der Waals surface area contributed by atoms with Crippen LogP contribution in [0.25, 0.3) is 0 Å². The van der Waals surface area contributed by atoms with E-state index < -0.39 is 21.7 Å². The van der Waals surface area contributed by atoms with Crippen LogP contribution in [0.4, 0.5) is 10.1 Å². The summed E-state index contributed by atoms with van der Waals surface area (Å²) in [5, 5.41) is 2.63. The second kappa shape index (κ2) is 9.28. The Labute approximate surface area is 181 Å². The van der Waals surface area contributed by atoms with Gasteiger partial charge < -0.3 is 10.1 Å². The van der Waals surface area contributed by atoms with E-state index >= 15 is 0 Å². The smallest absolute Gasteiger partial charge is 0.255 e. The molecule has 3 aromatic rings. The number of hydrogen-bond acceptors (Lipinski definition) is 4. The summed E-state index contributed by atoms with van der Waals surface area (Å²) in [6, 6.07) is 16.9. The van der Waals surface area contributed by atoms with Gasteiger partial charge in [-0.1, -0.05) is 23.8 Å². The summed E-state index contributed by atoms with van der Waals surface area (Å²) in [6.45, 7) is 1.88. The zero-order chi connectivity index (χ0) is 22.6. The lowest BCUT2D eigenvalue weighted by Crippen LogP contribution is -2.27. The fourth-order valence-corrected chi connectivity index (χ4v) is 4.18. The quantitative estimate of drug-likeness (QED) is 0.595. The molecule has 3 rings (SSSR count). The topological polar surface area (TPSA) is 75.7 Å². The number of anilines is 1. The van der Waals surface area contributed by atoms with Crippen LogP contribution in [0.2, 0.25) is 0 Å². The molecule has 1 amide bonds. The van der Waals surface area contributed by atoms with Gasteiger partial charge in [0.2, 0.25) is 10.0 Å². The predicted octanol–water partition coefficient (Wildman–Crippen LogP) is 4.22. The highest BCUT2D eigenvalue weighted by Crippen LogP contribution is 2.25. The average molecular weight is 443 g/mol. The van der Waals surface area contributed by atoms with E-state index in [2.05, 4.69) is 5.32 Å². The number of carbonyl (C=O) groups excluding carboxylic acids is 1. The van der Waals surface area contributed by atoms with Crippen LogP contribution in [-0.4, -0.2) is 32.8 Å². The van der Waals surface area contributed by atoms with Crippen LogP contribution in [0.5, 0.6) is 5.75 Å². The van der Waals surface area contributed by atoms with E-state index in [4.69, 9.17) is 4.74 Å². The second-order valence-electron chi connectivity index (χ2n) is 7.07. The minimum Gasteiger partial charge on any atom is -0.496 e. The first-order valence-corrected chi connectivity index (χ1v) is 10.9. The molecule has 0 aromatic heterocycles. The number of nitrogens with one attached hydrogen (secondary N) is 1. The molecule has 0 heterocycles. The summed E-state index contributed by atoms with van der Waals surface area (Å²) in [5.41, 5.74) is 2.09. The van der Waals surface area contributed by atoms with Crippen LogP contribution in [0.1, 0.15) is 21.5 Å². The highest BCUT2D eigenvalue weighted by Gasteiger charge is 2.22. The van der Waals surface area contributed by atoms with Gasteiger partial charge in [-0.3, -0.25) is 4.79 Å². The minimum atomic E-state index is -3.73. The fourth-order valence-electron chi connectivity index (χ4n) is 3.03.